The van der Waals surface area contributed by atoms with Gasteiger partial charge in [0.05, 0.1) is 59.5 Å². The van der Waals surface area contributed by atoms with E-state index in [1.165, 1.54) is 0 Å². The fraction of sp³-hybridized carbons (Fsp3) is 0.758. The van der Waals surface area contributed by atoms with E-state index in [1.54, 1.807) is 0 Å². The van der Waals surface area contributed by atoms with Gasteiger partial charge in [0, 0.05) is 26.1 Å². The van der Waals surface area contributed by atoms with E-state index >= 15 is 0 Å². The van der Waals surface area contributed by atoms with Crippen molar-refractivity contribution in [2.45, 2.75) is 83.2 Å². The van der Waals surface area contributed by atoms with Crippen LogP contribution in [-0.4, -0.2) is 108 Å². The SMILES string of the molecule is O=C(O)CCCCCCCOC[C@@H](COCCOCCOCCOCCOc1ccccc1)OCCCCCCCC(=O)O. The van der Waals surface area contributed by atoms with Crippen molar-refractivity contribution in [1.29, 1.82) is 0 Å². The molecule has 1 aromatic rings. The van der Waals surface area contributed by atoms with Crippen LogP contribution >= 0.6 is 0 Å². The Hall–Kier alpha value is -2.28. The first-order valence-electron chi connectivity index (χ1n) is 16.2. The van der Waals surface area contributed by atoms with Gasteiger partial charge in [-0.2, -0.15) is 0 Å². The molecule has 11 heteroatoms. The summed E-state index contributed by atoms with van der Waals surface area (Å²) < 4.78 is 39.8. The first-order chi connectivity index (χ1) is 21.6. The van der Waals surface area contributed by atoms with Crippen LogP contribution in [0.15, 0.2) is 30.3 Å². The molecule has 0 amide bonds. The molecule has 2 N–H and O–H groups in total. The Labute approximate surface area is 263 Å². The van der Waals surface area contributed by atoms with Crippen LogP contribution in [0.4, 0.5) is 0 Å². The number of hydrogen-bond donors (Lipinski definition) is 2. The second kappa shape index (κ2) is 30.7. The summed E-state index contributed by atoms with van der Waals surface area (Å²) >= 11 is 0. The molecule has 0 aliphatic rings. The lowest BCUT2D eigenvalue weighted by Crippen LogP contribution is -2.27. The van der Waals surface area contributed by atoms with Crippen molar-refractivity contribution in [2.24, 2.45) is 0 Å². The topological polar surface area (TPSA) is 139 Å². The van der Waals surface area contributed by atoms with Crippen molar-refractivity contribution in [3.05, 3.63) is 30.3 Å². The van der Waals surface area contributed by atoms with Gasteiger partial charge in [0.1, 0.15) is 18.5 Å². The van der Waals surface area contributed by atoms with Gasteiger partial charge in [0.2, 0.25) is 0 Å². The number of hydrogen-bond acceptors (Lipinski definition) is 9. The van der Waals surface area contributed by atoms with E-state index in [-0.39, 0.29) is 18.9 Å². The monoisotopic (exact) mass is 628 g/mol. The van der Waals surface area contributed by atoms with Crippen molar-refractivity contribution in [3.63, 3.8) is 0 Å². The fourth-order valence-electron chi connectivity index (χ4n) is 4.14. The Balaban J connectivity index is 2.04. The summed E-state index contributed by atoms with van der Waals surface area (Å²) in [6.45, 7) is 5.99. The van der Waals surface area contributed by atoms with Crippen LogP contribution in [0.25, 0.3) is 0 Å². The molecule has 1 rings (SSSR count). The van der Waals surface area contributed by atoms with Crippen LogP contribution in [0.1, 0.15) is 77.0 Å². The molecule has 11 nitrogen and oxygen atoms in total. The van der Waals surface area contributed by atoms with Crippen LogP contribution in [-0.2, 0) is 38.0 Å². The molecule has 254 valence electrons. The molecule has 0 radical (unpaired) electrons. The molecule has 0 aliphatic carbocycles. The molecule has 1 aromatic carbocycles. The highest BCUT2D eigenvalue weighted by molar-refractivity contribution is 5.66. The minimum Gasteiger partial charge on any atom is -0.491 e. The molecule has 0 bridgehead atoms. The summed E-state index contributed by atoms with van der Waals surface area (Å²) in [5.41, 5.74) is 0. The number of benzene rings is 1. The second-order valence-corrected chi connectivity index (χ2v) is 10.5. The quantitative estimate of drug-likeness (QED) is 0.0951. The lowest BCUT2D eigenvalue weighted by atomic mass is 10.1. The van der Waals surface area contributed by atoms with E-state index in [1.807, 2.05) is 30.3 Å². The molecule has 44 heavy (non-hydrogen) atoms. The number of carbonyl (C=O) groups is 2. The van der Waals surface area contributed by atoms with Crippen molar-refractivity contribution < 1.29 is 53.0 Å². The minimum absolute atomic E-state index is 0.168. The number of para-hydroxylation sites is 1. The van der Waals surface area contributed by atoms with Gasteiger partial charge in [-0.3, -0.25) is 9.59 Å². The van der Waals surface area contributed by atoms with E-state index < -0.39 is 11.9 Å². The third-order valence-corrected chi connectivity index (χ3v) is 6.53. The average molecular weight is 629 g/mol. The Kier molecular flexibility index (Phi) is 27.8. The van der Waals surface area contributed by atoms with Crippen molar-refractivity contribution in [1.82, 2.24) is 0 Å². The molecule has 0 unspecified atom stereocenters. The molecule has 0 saturated heterocycles. The number of aliphatic carboxylic acids is 2. The fourth-order valence-corrected chi connectivity index (χ4v) is 4.14. The highest BCUT2D eigenvalue weighted by Crippen LogP contribution is 2.09. The van der Waals surface area contributed by atoms with E-state index in [0.29, 0.717) is 85.7 Å². The van der Waals surface area contributed by atoms with Gasteiger partial charge in [-0.1, -0.05) is 56.7 Å². The molecule has 1 atom stereocenters. The molecule has 0 fully saturated rings. The van der Waals surface area contributed by atoms with Crippen LogP contribution < -0.4 is 4.74 Å². The smallest absolute Gasteiger partial charge is 0.303 e. The van der Waals surface area contributed by atoms with Crippen LogP contribution in [0, 0.1) is 0 Å². The molecule has 0 spiro atoms. The molecular formula is C33H56O11. The first-order valence-corrected chi connectivity index (χ1v) is 16.2. The highest BCUT2D eigenvalue weighted by Gasteiger charge is 2.10. The van der Waals surface area contributed by atoms with Crippen LogP contribution in [0.2, 0.25) is 0 Å². The van der Waals surface area contributed by atoms with Gasteiger partial charge in [-0.25, -0.2) is 0 Å². The largest absolute Gasteiger partial charge is 0.491 e. The zero-order valence-corrected chi connectivity index (χ0v) is 26.5. The van der Waals surface area contributed by atoms with E-state index in [4.69, 9.17) is 43.4 Å². The number of carboxylic acid groups (broad SMARTS) is 2. The Bertz CT molecular complexity index is 778. The number of rotatable bonds is 34. The van der Waals surface area contributed by atoms with E-state index in [2.05, 4.69) is 0 Å². The summed E-state index contributed by atoms with van der Waals surface area (Å²) in [6.07, 6.45) is 9.45. The van der Waals surface area contributed by atoms with Crippen molar-refractivity contribution in [3.8, 4) is 5.75 Å². The lowest BCUT2D eigenvalue weighted by Gasteiger charge is -2.18. The Morgan fingerprint density at radius 2 is 0.932 bits per heavy atom. The van der Waals surface area contributed by atoms with Gasteiger partial charge in [0.15, 0.2) is 0 Å². The van der Waals surface area contributed by atoms with Gasteiger partial charge < -0.3 is 43.4 Å². The molecule has 0 saturated carbocycles. The summed E-state index contributed by atoms with van der Waals surface area (Å²) in [7, 11) is 0. The maximum absolute atomic E-state index is 10.6. The molecule has 0 aliphatic heterocycles. The Morgan fingerprint density at radius 1 is 0.500 bits per heavy atom. The lowest BCUT2D eigenvalue weighted by molar-refractivity contribution is -0.138. The summed E-state index contributed by atoms with van der Waals surface area (Å²) in [5, 5.41) is 17.4. The predicted molar refractivity (Wildman–Crippen MR) is 166 cm³/mol. The average Bonchev–Trinajstić information content (AvgIpc) is 3.01. The van der Waals surface area contributed by atoms with Gasteiger partial charge in [-0.05, 0) is 37.8 Å². The summed E-state index contributed by atoms with van der Waals surface area (Å²) in [6, 6.07) is 9.64. The zero-order valence-electron chi connectivity index (χ0n) is 26.5. The van der Waals surface area contributed by atoms with Gasteiger partial charge in [-0.15, -0.1) is 0 Å². The number of ether oxygens (including phenoxy) is 7. The third kappa shape index (κ3) is 28.5. The van der Waals surface area contributed by atoms with Crippen molar-refractivity contribution >= 4 is 11.9 Å². The van der Waals surface area contributed by atoms with Crippen LogP contribution in [0.3, 0.4) is 0 Å². The highest BCUT2D eigenvalue weighted by atomic mass is 16.6. The van der Waals surface area contributed by atoms with Crippen LogP contribution in [0.5, 0.6) is 5.75 Å². The maximum Gasteiger partial charge on any atom is 0.303 e. The van der Waals surface area contributed by atoms with Crippen molar-refractivity contribution in [2.75, 3.05) is 79.3 Å². The minimum atomic E-state index is -0.740. The number of unbranched alkanes of at least 4 members (excludes halogenated alkanes) is 8. The van der Waals surface area contributed by atoms with Gasteiger partial charge in [0.25, 0.3) is 0 Å². The molecular weight excluding hydrogens is 572 g/mol. The standard InChI is InChI=1S/C33H56O11/c34-32(35)16-10-3-1-5-12-18-41-28-31(43-19-13-6-2-4-11-17-33(36)37)29-42-25-24-39-21-20-38-22-23-40-26-27-44-30-14-8-7-9-15-30/h7-9,14-15,31H,1-6,10-13,16-29H2,(H,34,35)(H,36,37)/t31-/m0/s1. The van der Waals surface area contributed by atoms with E-state index in [0.717, 1.165) is 63.5 Å². The first kappa shape index (κ1) is 39.7. The summed E-state index contributed by atoms with van der Waals surface area (Å²) in [4.78, 5) is 21.2. The zero-order chi connectivity index (χ0) is 31.8. The summed E-state index contributed by atoms with van der Waals surface area (Å²) in [5.74, 6) is -0.646. The second-order valence-electron chi connectivity index (χ2n) is 10.5. The number of carboxylic acids is 2. The third-order valence-electron chi connectivity index (χ3n) is 6.53. The predicted octanol–water partition coefficient (Wildman–Crippen LogP) is 5.38. The molecule has 0 aromatic heterocycles. The molecule has 0 heterocycles. The Morgan fingerprint density at radius 3 is 1.48 bits per heavy atom. The maximum atomic E-state index is 10.6. The normalized spacial score (nSPS) is 11.9. The van der Waals surface area contributed by atoms with E-state index in [9.17, 15) is 9.59 Å². The van der Waals surface area contributed by atoms with Gasteiger partial charge >= 0.3 is 11.9 Å².